The van der Waals surface area contributed by atoms with Crippen LogP contribution in [0.4, 0.5) is 0 Å². The van der Waals surface area contributed by atoms with Crippen molar-refractivity contribution in [2.45, 2.75) is 18.9 Å². The molecule has 0 radical (unpaired) electrons. The molecular weight excluding hydrogens is 308 g/mol. The van der Waals surface area contributed by atoms with Crippen LogP contribution >= 0.6 is 12.4 Å². The standard InChI is InChI=1S/C19H22N2O.ClH/c1-20-12-11-19(22)21-13-16-9-5-6-10-17(16)18(14-21)15-7-3-2-4-8-15;/h2-10,18,20H,11-14H2,1H3;1H. The first-order valence-electron chi connectivity index (χ1n) is 7.84. The summed E-state index contributed by atoms with van der Waals surface area (Å²) in [6, 6.07) is 19.0. The summed E-state index contributed by atoms with van der Waals surface area (Å²) in [6.07, 6.45) is 0.556. The van der Waals surface area contributed by atoms with Crippen LogP contribution in [0.2, 0.25) is 0 Å². The summed E-state index contributed by atoms with van der Waals surface area (Å²) in [5.74, 6) is 0.495. The van der Waals surface area contributed by atoms with Crippen LogP contribution in [0.1, 0.15) is 29.0 Å². The van der Waals surface area contributed by atoms with E-state index >= 15 is 0 Å². The third kappa shape index (κ3) is 3.92. The Kier molecular flexibility index (Phi) is 6.20. The maximum Gasteiger partial charge on any atom is 0.224 e. The third-order valence-electron chi connectivity index (χ3n) is 4.34. The monoisotopic (exact) mass is 330 g/mol. The first kappa shape index (κ1) is 17.5. The number of hydrogen-bond acceptors (Lipinski definition) is 2. The van der Waals surface area contributed by atoms with Gasteiger partial charge in [-0.3, -0.25) is 4.79 Å². The molecule has 1 atom stereocenters. The van der Waals surface area contributed by atoms with Gasteiger partial charge < -0.3 is 10.2 Å². The second-order valence-electron chi connectivity index (χ2n) is 5.79. The largest absolute Gasteiger partial charge is 0.337 e. The summed E-state index contributed by atoms with van der Waals surface area (Å²) in [5, 5.41) is 3.05. The van der Waals surface area contributed by atoms with Gasteiger partial charge in [-0.2, -0.15) is 0 Å². The number of fused-ring (bicyclic) bond motifs is 1. The quantitative estimate of drug-likeness (QED) is 0.933. The number of carbonyl (C=O) groups excluding carboxylic acids is 1. The van der Waals surface area contributed by atoms with Crippen LogP contribution in [-0.4, -0.2) is 30.9 Å². The summed E-state index contributed by atoms with van der Waals surface area (Å²) in [7, 11) is 1.88. The van der Waals surface area contributed by atoms with Crippen LogP contribution in [0, 0.1) is 0 Å². The molecule has 1 heterocycles. The molecule has 1 unspecified atom stereocenters. The van der Waals surface area contributed by atoms with E-state index in [4.69, 9.17) is 0 Å². The zero-order chi connectivity index (χ0) is 15.4. The van der Waals surface area contributed by atoms with Gasteiger partial charge in [0.25, 0.3) is 0 Å². The summed E-state index contributed by atoms with van der Waals surface area (Å²) in [5.41, 5.74) is 3.90. The number of carbonyl (C=O) groups is 1. The van der Waals surface area contributed by atoms with Gasteiger partial charge in [-0.15, -0.1) is 12.4 Å². The van der Waals surface area contributed by atoms with Crippen molar-refractivity contribution < 1.29 is 4.79 Å². The number of halogens is 1. The number of benzene rings is 2. The molecule has 23 heavy (non-hydrogen) atoms. The van der Waals surface area contributed by atoms with Crippen molar-refractivity contribution in [3.63, 3.8) is 0 Å². The predicted molar refractivity (Wildman–Crippen MR) is 95.9 cm³/mol. The Morgan fingerprint density at radius 3 is 2.57 bits per heavy atom. The molecule has 1 aliphatic heterocycles. The molecule has 3 nitrogen and oxygen atoms in total. The number of nitrogens with one attached hydrogen (secondary N) is 1. The fraction of sp³-hybridized carbons (Fsp3) is 0.316. The lowest BCUT2D eigenvalue weighted by Crippen LogP contribution is -2.39. The molecule has 0 aliphatic carbocycles. The van der Waals surface area contributed by atoms with Crippen molar-refractivity contribution in [2.75, 3.05) is 20.1 Å². The van der Waals surface area contributed by atoms with Crippen molar-refractivity contribution in [3.05, 3.63) is 71.3 Å². The molecule has 2 aromatic rings. The Morgan fingerprint density at radius 1 is 1.13 bits per heavy atom. The average Bonchev–Trinajstić information content (AvgIpc) is 2.59. The summed E-state index contributed by atoms with van der Waals surface area (Å²) in [6.45, 7) is 2.22. The van der Waals surface area contributed by atoms with Crippen molar-refractivity contribution in [1.29, 1.82) is 0 Å². The van der Waals surface area contributed by atoms with Crippen LogP contribution in [0.3, 0.4) is 0 Å². The van der Waals surface area contributed by atoms with Crippen LogP contribution < -0.4 is 5.32 Å². The van der Waals surface area contributed by atoms with Crippen molar-refractivity contribution in [3.8, 4) is 0 Å². The number of rotatable bonds is 4. The molecule has 122 valence electrons. The second-order valence-corrected chi connectivity index (χ2v) is 5.79. The van der Waals surface area contributed by atoms with E-state index in [2.05, 4.69) is 53.8 Å². The van der Waals surface area contributed by atoms with Crippen LogP contribution in [-0.2, 0) is 11.3 Å². The van der Waals surface area contributed by atoms with E-state index in [9.17, 15) is 4.79 Å². The van der Waals surface area contributed by atoms with E-state index < -0.39 is 0 Å². The summed E-state index contributed by atoms with van der Waals surface area (Å²) >= 11 is 0. The highest BCUT2D eigenvalue weighted by Gasteiger charge is 2.28. The predicted octanol–water partition coefficient (Wildman–Crippen LogP) is 3.19. The summed E-state index contributed by atoms with van der Waals surface area (Å²) < 4.78 is 0. The number of amides is 1. The van der Waals surface area contributed by atoms with Crippen LogP contribution in [0.15, 0.2) is 54.6 Å². The maximum absolute atomic E-state index is 12.4. The lowest BCUT2D eigenvalue weighted by Gasteiger charge is -2.35. The topological polar surface area (TPSA) is 32.3 Å². The Balaban J connectivity index is 0.00000192. The van der Waals surface area contributed by atoms with E-state index in [1.54, 1.807) is 0 Å². The zero-order valence-electron chi connectivity index (χ0n) is 13.4. The highest BCUT2D eigenvalue weighted by Crippen LogP contribution is 2.33. The summed E-state index contributed by atoms with van der Waals surface area (Å²) in [4.78, 5) is 14.4. The number of nitrogens with zero attached hydrogens (tertiary/aromatic N) is 1. The molecule has 0 saturated carbocycles. The van der Waals surface area contributed by atoms with Gasteiger partial charge in [-0.05, 0) is 23.7 Å². The maximum atomic E-state index is 12.4. The van der Waals surface area contributed by atoms with Gasteiger partial charge in [-0.1, -0.05) is 54.6 Å². The average molecular weight is 331 g/mol. The minimum atomic E-state index is 0. The third-order valence-corrected chi connectivity index (χ3v) is 4.34. The molecule has 0 spiro atoms. The molecule has 4 heteroatoms. The van der Waals surface area contributed by atoms with Crippen molar-refractivity contribution >= 4 is 18.3 Å². The Bertz CT molecular complexity index is 645. The first-order valence-corrected chi connectivity index (χ1v) is 7.84. The fourth-order valence-corrected chi connectivity index (χ4v) is 3.16. The van der Waals surface area contributed by atoms with E-state index in [1.165, 1.54) is 16.7 Å². The van der Waals surface area contributed by atoms with E-state index in [0.717, 1.165) is 19.6 Å². The minimum Gasteiger partial charge on any atom is -0.337 e. The molecule has 0 bridgehead atoms. The number of hydrogen-bond donors (Lipinski definition) is 1. The van der Waals surface area contributed by atoms with Gasteiger partial charge in [0.1, 0.15) is 0 Å². The fourth-order valence-electron chi connectivity index (χ4n) is 3.16. The molecule has 0 aromatic heterocycles. The molecule has 1 aliphatic rings. The second kappa shape index (κ2) is 8.14. The molecule has 0 saturated heterocycles. The van der Waals surface area contributed by atoms with Gasteiger partial charge >= 0.3 is 0 Å². The van der Waals surface area contributed by atoms with Gasteiger partial charge in [0.15, 0.2) is 0 Å². The van der Waals surface area contributed by atoms with E-state index in [0.29, 0.717) is 6.42 Å². The van der Waals surface area contributed by atoms with Crippen molar-refractivity contribution in [1.82, 2.24) is 10.2 Å². The highest BCUT2D eigenvalue weighted by atomic mass is 35.5. The Labute approximate surface area is 144 Å². The minimum absolute atomic E-state index is 0. The molecular formula is C19H23ClN2O. The van der Waals surface area contributed by atoms with Crippen LogP contribution in [0.5, 0.6) is 0 Å². The molecule has 2 aromatic carbocycles. The lowest BCUT2D eigenvalue weighted by molar-refractivity contribution is -0.132. The lowest BCUT2D eigenvalue weighted by atomic mass is 9.84. The van der Waals surface area contributed by atoms with E-state index in [1.807, 2.05) is 18.0 Å². The molecule has 1 amide bonds. The van der Waals surface area contributed by atoms with Gasteiger partial charge in [0.05, 0.1) is 0 Å². The van der Waals surface area contributed by atoms with Crippen molar-refractivity contribution in [2.24, 2.45) is 0 Å². The molecule has 3 rings (SSSR count). The SMILES string of the molecule is CNCCC(=O)N1Cc2ccccc2C(c2ccccc2)C1.Cl. The zero-order valence-corrected chi connectivity index (χ0v) is 14.2. The highest BCUT2D eigenvalue weighted by molar-refractivity contribution is 5.85. The van der Waals surface area contributed by atoms with E-state index in [-0.39, 0.29) is 24.2 Å². The van der Waals surface area contributed by atoms with Crippen LogP contribution in [0.25, 0.3) is 0 Å². The smallest absolute Gasteiger partial charge is 0.224 e. The molecule has 0 fully saturated rings. The van der Waals surface area contributed by atoms with Gasteiger partial charge in [0.2, 0.25) is 5.91 Å². The Morgan fingerprint density at radius 2 is 1.83 bits per heavy atom. The van der Waals surface area contributed by atoms with Gasteiger partial charge in [0, 0.05) is 32.0 Å². The Hall–Kier alpha value is -1.84. The normalized spacial score (nSPS) is 16.4. The van der Waals surface area contributed by atoms with Gasteiger partial charge in [-0.25, -0.2) is 0 Å². The molecule has 1 N–H and O–H groups in total. The first-order chi connectivity index (χ1) is 10.8.